The lowest BCUT2D eigenvalue weighted by atomic mass is 10.2. The lowest BCUT2D eigenvalue weighted by Crippen LogP contribution is -1.96. The van der Waals surface area contributed by atoms with Crippen LogP contribution in [0.4, 0.5) is 5.69 Å². The molecule has 0 radical (unpaired) electrons. The first-order chi connectivity index (χ1) is 9.69. The van der Waals surface area contributed by atoms with Gasteiger partial charge in [0.2, 0.25) is 0 Å². The number of nitro benzene ring substituents is 1. The highest BCUT2D eigenvalue weighted by Gasteiger charge is 2.04. The number of oxime groups is 1. The quantitative estimate of drug-likeness (QED) is 0.392. The molecule has 0 aliphatic rings. The van der Waals surface area contributed by atoms with Gasteiger partial charge in [0.25, 0.3) is 5.69 Å². The predicted molar refractivity (Wildman–Crippen MR) is 73.3 cm³/mol. The molecule has 102 valence electrons. The zero-order chi connectivity index (χ0) is 14.4. The van der Waals surface area contributed by atoms with Crippen molar-refractivity contribution in [2.24, 2.45) is 5.16 Å². The Hall–Kier alpha value is -2.89. The van der Waals surface area contributed by atoms with Crippen molar-refractivity contribution >= 4 is 11.9 Å². The van der Waals surface area contributed by atoms with Gasteiger partial charge in [-0.1, -0.05) is 5.16 Å². The summed E-state index contributed by atoms with van der Waals surface area (Å²) in [5, 5.41) is 21.8. The lowest BCUT2D eigenvalue weighted by Gasteiger charge is -2.06. The maximum atomic E-state index is 10.5. The molecule has 0 aliphatic heterocycles. The summed E-state index contributed by atoms with van der Waals surface area (Å²) in [5.41, 5.74) is 1.66. The number of nitrogens with zero attached hydrogens (tertiary/aromatic N) is 2. The van der Waals surface area contributed by atoms with Crippen molar-refractivity contribution in [2.45, 2.75) is 6.61 Å². The first-order valence-electron chi connectivity index (χ1n) is 5.82. The zero-order valence-electron chi connectivity index (χ0n) is 10.5. The summed E-state index contributed by atoms with van der Waals surface area (Å²) in [6.45, 7) is 0.325. The lowest BCUT2D eigenvalue weighted by molar-refractivity contribution is -0.384. The molecule has 0 heterocycles. The number of non-ortho nitro benzene ring substituents is 1. The van der Waals surface area contributed by atoms with Crippen LogP contribution in [0.5, 0.6) is 5.75 Å². The molecule has 6 heteroatoms. The van der Waals surface area contributed by atoms with Gasteiger partial charge in [-0.2, -0.15) is 0 Å². The van der Waals surface area contributed by atoms with E-state index in [1.165, 1.54) is 18.3 Å². The summed E-state index contributed by atoms with van der Waals surface area (Å²) < 4.78 is 5.55. The number of hydrogen-bond donors (Lipinski definition) is 1. The predicted octanol–water partition coefficient (Wildman–Crippen LogP) is 2.98. The number of rotatable bonds is 5. The van der Waals surface area contributed by atoms with E-state index in [2.05, 4.69) is 5.16 Å². The van der Waals surface area contributed by atoms with E-state index in [9.17, 15) is 10.1 Å². The SMILES string of the molecule is O=[N+]([O-])c1ccc(COc2ccc(/C=N/O)cc2)cc1. The fourth-order valence-electron chi connectivity index (χ4n) is 1.60. The van der Waals surface area contributed by atoms with Crippen LogP contribution in [0.1, 0.15) is 11.1 Å². The Morgan fingerprint density at radius 3 is 2.35 bits per heavy atom. The minimum absolute atomic E-state index is 0.0568. The minimum Gasteiger partial charge on any atom is -0.489 e. The van der Waals surface area contributed by atoms with Gasteiger partial charge in [0.1, 0.15) is 12.4 Å². The van der Waals surface area contributed by atoms with E-state index in [-0.39, 0.29) is 5.69 Å². The van der Waals surface area contributed by atoms with E-state index in [0.29, 0.717) is 12.4 Å². The molecule has 0 atom stereocenters. The first-order valence-corrected chi connectivity index (χ1v) is 5.82. The Kier molecular flexibility index (Phi) is 4.28. The highest BCUT2D eigenvalue weighted by molar-refractivity contribution is 5.79. The summed E-state index contributed by atoms with van der Waals surface area (Å²) in [5.74, 6) is 0.665. The van der Waals surface area contributed by atoms with Crippen LogP contribution in [0.3, 0.4) is 0 Å². The molecule has 0 unspecified atom stereocenters. The molecule has 0 fully saturated rings. The molecule has 6 nitrogen and oxygen atoms in total. The van der Waals surface area contributed by atoms with Gasteiger partial charge in [-0.05, 0) is 47.5 Å². The third-order valence-electron chi connectivity index (χ3n) is 2.64. The van der Waals surface area contributed by atoms with E-state index in [1.54, 1.807) is 36.4 Å². The smallest absolute Gasteiger partial charge is 0.269 e. The summed E-state index contributed by atoms with van der Waals surface area (Å²) in [7, 11) is 0. The van der Waals surface area contributed by atoms with Crippen molar-refractivity contribution in [1.29, 1.82) is 0 Å². The van der Waals surface area contributed by atoms with Crippen LogP contribution in [-0.2, 0) is 6.61 Å². The number of nitro groups is 1. The van der Waals surface area contributed by atoms with Gasteiger partial charge in [-0.15, -0.1) is 0 Å². The Bertz CT molecular complexity index is 606. The topological polar surface area (TPSA) is 85.0 Å². The zero-order valence-corrected chi connectivity index (χ0v) is 10.5. The Morgan fingerprint density at radius 2 is 1.80 bits per heavy atom. The third-order valence-corrected chi connectivity index (χ3v) is 2.64. The van der Waals surface area contributed by atoms with E-state index < -0.39 is 4.92 Å². The van der Waals surface area contributed by atoms with Crippen molar-refractivity contribution in [3.05, 3.63) is 69.8 Å². The van der Waals surface area contributed by atoms with Crippen LogP contribution in [0.25, 0.3) is 0 Å². The second-order valence-electron chi connectivity index (χ2n) is 4.03. The highest BCUT2D eigenvalue weighted by atomic mass is 16.6. The fourth-order valence-corrected chi connectivity index (χ4v) is 1.60. The van der Waals surface area contributed by atoms with Crippen LogP contribution in [-0.4, -0.2) is 16.3 Å². The average Bonchev–Trinajstić information content (AvgIpc) is 2.47. The van der Waals surface area contributed by atoms with Gasteiger partial charge in [0, 0.05) is 12.1 Å². The van der Waals surface area contributed by atoms with E-state index >= 15 is 0 Å². The molecule has 0 saturated carbocycles. The summed E-state index contributed by atoms with van der Waals surface area (Å²) >= 11 is 0. The molecule has 0 aliphatic carbocycles. The molecule has 1 N–H and O–H groups in total. The molecular weight excluding hydrogens is 260 g/mol. The number of ether oxygens (including phenoxy) is 1. The Labute approximate surface area is 115 Å². The second kappa shape index (κ2) is 6.33. The normalized spacial score (nSPS) is 10.6. The fraction of sp³-hybridized carbons (Fsp3) is 0.0714. The molecular formula is C14H12N2O4. The highest BCUT2D eigenvalue weighted by Crippen LogP contribution is 2.16. The average molecular weight is 272 g/mol. The van der Waals surface area contributed by atoms with Crippen molar-refractivity contribution < 1.29 is 14.9 Å². The molecule has 2 aromatic rings. The summed E-state index contributed by atoms with van der Waals surface area (Å²) in [6, 6.07) is 13.2. The van der Waals surface area contributed by atoms with Gasteiger partial charge < -0.3 is 9.94 Å². The molecule has 0 saturated heterocycles. The summed E-state index contributed by atoms with van der Waals surface area (Å²) in [6.07, 6.45) is 1.32. The van der Waals surface area contributed by atoms with Gasteiger partial charge in [-0.25, -0.2) is 0 Å². The van der Waals surface area contributed by atoms with Crippen LogP contribution in [0.2, 0.25) is 0 Å². The van der Waals surface area contributed by atoms with Crippen LogP contribution in [0.15, 0.2) is 53.7 Å². The van der Waals surface area contributed by atoms with Gasteiger partial charge in [0.05, 0.1) is 11.1 Å². The second-order valence-corrected chi connectivity index (χ2v) is 4.03. The van der Waals surface area contributed by atoms with Crippen LogP contribution < -0.4 is 4.74 Å². The maximum absolute atomic E-state index is 10.5. The molecule has 2 aromatic carbocycles. The number of benzene rings is 2. The molecule has 0 amide bonds. The summed E-state index contributed by atoms with van der Waals surface area (Å²) in [4.78, 5) is 10.1. The van der Waals surface area contributed by atoms with Crippen molar-refractivity contribution in [1.82, 2.24) is 0 Å². The number of hydrogen-bond acceptors (Lipinski definition) is 5. The van der Waals surface area contributed by atoms with Crippen LogP contribution >= 0.6 is 0 Å². The third kappa shape index (κ3) is 3.55. The van der Waals surface area contributed by atoms with Crippen LogP contribution in [0, 0.1) is 10.1 Å². The molecule has 20 heavy (non-hydrogen) atoms. The van der Waals surface area contributed by atoms with Crippen molar-refractivity contribution in [3.8, 4) is 5.75 Å². The van der Waals surface area contributed by atoms with Crippen molar-refractivity contribution in [3.63, 3.8) is 0 Å². The first kappa shape index (κ1) is 13.5. The maximum Gasteiger partial charge on any atom is 0.269 e. The molecule has 0 bridgehead atoms. The molecule has 0 aromatic heterocycles. The van der Waals surface area contributed by atoms with Gasteiger partial charge >= 0.3 is 0 Å². The minimum atomic E-state index is -0.438. The van der Waals surface area contributed by atoms with E-state index in [0.717, 1.165) is 11.1 Å². The largest absolute Gasteiger partial charge is 0.489 e. The Balaban J connectivity index is 1.96. The monoisotopic (exact) mass is 272 g/mol. The van der Waals surface area contributed by atoms with Gasteiger partial charge in [0.15, 0.2) is 0 Å². The molecule has 0 spiro atoms. The van der Waals surface area contributed by atoms with E-state index in [4.69, 9.17) is 9.94 Å². The standard InChI is InChI=1S/C14H12N2O4/c17-15-9-11-3-7-14(8-4-11)20-10-12-1-5-13(6-2-12)16(18)19/h1-9,17H,10H2/b15-9+. The van der Waals surface area contributed by atoms with E-state index in [1.807, 2.05) is 0 Å². The molecule has 2 rings (SSSR count). The van der Waals surface area contributed by atoms with Gasteiger partial charge in [-0.3, -0.25) is 10.1 Å². The Morgan fingerprint density at radius 1 is 1.15 bits per heavy atom. The van der Waals surface area contributed by atoms with Crippen molar-refractivity contribution in [2.75, 3.05) is 0 Å².